The molecule has 3 aromatic rings. The van der Waals surface area contributed by atoms with Crippen LogP contribution in [-0.4, -0.2) is 40.5 Å². The second-order valence-electron chi connectivity index (χ2n) is 7.27. The molecule has 1 aliphatic rings. The van der Waals surface area contributed by atoms with E-state index in [9.17, 15) is 4.79 Å². The Bertz CT molecular complexity index is 938. The Kier molecular flexibility index (Phi) is 5.58. The third-order valence-corrected chi connectivity index (χ3v) is 5.32. The van der Waals surface area contributed by atoms with Crippen molar-refractivity contribution in [1.82, 2.24) is 20.2 Å². The molecule has 0 radical (unpaired) electrons. The summed E-state index contributed by atoms with van der Waals surface area (Å²) < 4.78 is 5.26. The van der Waals surface area contributed by atoms with E-state index in [0.717, 1.165) is 42.0 Å². The van der Waals surface area contributed by atoms with Crippen LogP contribution in [0.15, 0.2) is 48.5 Å². The minimum atomic E-state index is 0.240. The van der Waals surface area contributed by atoms with Crippen molar-refractivity contribution in [3.8, 4) is 5.75 Å². The van der Waals surface area contributed by atoms with E-state index in [1.807, 2.05) is 41.3 Å². The fourth-order valence-electron chi connectivity index (χ4n) is 3.70. The van der Waals surface area contributed by atoms with Crippen LogP contribution in [0.1, 0.15) is 30.7 Å². The molecule has 2 heterocycles. The number of rotatable bonds is 6. The van der Waals surface area contributed by atoms with E-state index in [1.54, 1.807) is 7.11 Å². The van der Waals surface area contributed by atoms with Gasteiger partial charge in [-0.05, 0) is 30.5 Å². The normalized spacial score (nSPS) is 17.7. The quantitative estimate of drug-likeness (QED) is 0.691. The molecule has 1 saturated heterocycles. The number of fused-ring (bicyclic) bond motifs is 1. The van der Waals surface area contributed by atoms with Crippen molar-refractivity contribution in [2.24, 2.45) is 0 Å². The first-order valence-corrected chi connectivity index (χ1v) is 9.79. The maximum atomic E-state index is 12.5. The molecule has 6 nitrogen and oxygen atoms in total. The van der Waals surface area contributed by atoms with E-state index >= 15 is 0 Å². The third-order valence-electron chi connectivity index (χ3n) is 5.32. The van der Waals surface area contributed by atoms with Gasteiger partial charge in [-0.2, -0.15) is 0 Å². The lowest BCUT2D eigenvalue weighted by molar-refractivity contribution is -0.131. The Morgan fingerprint density at radius 3 is 2.89 bits per heavy atom. The molecule has 1 aliphatic heterocycles. The third kappa shape index (κ3) is 4.34. The van der Waals surface area contributed by atoms with Gasteiger partial charge >= 0.3 is 0 Å². The Labute approximate surface area is 164 Å². The first kappa shape index (κ1) is 18.5. The van der Waals surface area contributed by atoms with E-state index in [4.69, 9.17) is 4.74 Å². The number of carbonyl (C=O) groups excluding carboxylic acids is 1. The molecule has 1 atom stereocenters. The van der Waals surface area contributed by atoms with Crippen molar-refractivity contribution in [1.29, 1.82) is 0 Å². The summed E-state index contributed by atoms with van der Waals surface area (Å²) >= 11 is 0. The van der Waals surface area contributed by atoms with E-state index in [1.165, 1.54) is 5.56 Å². The first-order valence-electron chi connectivity index (χ1n) is 9.79. The Balaban J connectivity index is 1.34. The van der Waals surface area contributed by atoms with Crippen LogP contribution in [-0.2, 0) is 17.9 Å². The van der Waals surface area contributed by atoms with Gasteiger partial charge in [-0.15, -0.1) is 0 Å². The van der Waals surface area contributed by atoms with Crippen LogP contribution < -0.4 is 10.1 Å². The number of benzene rings is 2. The predicted molar refractivity (Wildman–Crippen MR) is 109 cm³/mol. The number of amides is 1. The molecule has 4 rings (SSSR count). The summed E-state index contributed by atoms with van der Waals surface area (Å²) in [5.74, 6) is 1.96. The largest absolute Gasteiger partial charge is 0.497 e. The van der Waals surface area contributed by atoms with Crippen LogP contribution in [0.5, 0.6) is 5.75 Å². The Morgan fingerprint density at radius 1 is 1.21 bits per heavy atom. The molecule has 1 aromatic heterocycles. The van der Waals surface area contributed by atoms with Crippen LogP contribution in [0.2, 0.25) is 0 Å². The van der Waals surface area contributed by atoms with Crippen molar-refractivity contribution in [3.05, 3.63) is 59.9 Å². The standard InChI is InChI=1S/C22H26N4O2/c1-28-18-8-9-19-20(13-18)25-21(24-19)14-23-17-7-10-22(27)26(12-11-17)15-16-5-3-2-4-6-16/h2-6,8-9,13,17,23H,7,10-12,14-15H2,1H3,(H,24,25)/t17-/m0/s1. The van der Waals surface area contributed by atoms with Gasteiger partial charge in [-0.1, -0.05) is 30.3 Å². The molecule has 0 unspecified atom stereocenters. The topological polar surface area (TPSA) is 70.2 Å². The van der Waals surface area contributed by atoms with E-state index < -0.39 is 0 Å². The highest BCUT2D eigenvalue weighted by Gasteiger charge is 2.22. The lowest BCUT2D eigenvalue weighted by Gasteiger charge is -2.21. The fraction of sp³-hybridized carbons (Fsp3) is 0.364. The van der Waals surface area contributed by atoms with Gasteiger partial charge in [0.2, 0.25) is 5.91 Å². The van der Waals surface area contributed by atoms with Gasteiger partial charge in [-0.25, -0.2) is 4.98 Å². The smallest absolute Gasteiger partial charge is 0.222 e. The molecule has 1 amide bonds. The zero-order chi connectivity index (χ0) is 19.3. The summed E-state index contributed by atoms with van der Waals surface area (Å²) in [5.41, 5.74) is 3.09. The van der Waals surface area contributed by atoms with Crippen LogP contribution in [0.4, 0.5) is 0 Å². The molecular weight excluding hydrogens is 352 g/mol. The predicted octanol–water partition coefficient (Wildman–Crippen LogP) is 3.24. The van der Waals surface area contributed by atoms with Crippen LogP contribution in [0, 0.1) is 0 Å². The number of aromatic nitrogens is 2. The van der Waals surface area contributed by atoms with Gasteiger partial charge < -0.3 is 19.9 Å². The van der Waals surface area contributed by atoms with Crippen molar-refractivity contribution in [2.45, 2.75) is 38.4 Å². The number of H-pyrrole nitrogens is 1. The molecule has 6 heteroatoms. The van der Waals surface area contributed by atoms with Gasteiger partial charge in [0.25, 0.3) is 0 Å². The maximum absolute atomic E-state index is 12.5. The van der Waals surface area contributed by atoms with Crippen molar-refractivity contribution < 1.29 is 9.53 Å². The van der Waals surface area contributed by atoms with Crippen molar-refractivity contribution in [2.75, 3.05) is 13.7 Å². The molecule has 2 aromatic carbocycles. The highest BCUT2D eigenvalue weighted by Crippen LogP contribution is 2.19. The monoisotopic (exact) mass is 378 g/mol. The molecule has 2 N–H and O–H groups in total. The highest BCUT2D eigenvalue weighted by atomic mass is 16.5. The number of aromatic amines is 1. The molecule has 0 bridgehead atoms. The van der Waals surface area contributed by atoms with Crippen LogP contribution >= 0.6 is 0 Å². The van der Waals surface area contributed by atoms with E-state index in [-0.39, 0.29) is 5.91 Å². The number of ether oxygens (including phenoxy) is 1. The number of imidazole rings is 1. The number of hydrogen-bond acceptors (Lipinski definition) is 4. The van der Waals surface area contributed by atoms with Crippen LogP contribution in [0.25, 0.3) is 11.0 Å². The molecule has 1 fully saturated rings. The number of nitrogens with one attached hydrogen (secondary N) is 2. The highest BCUT2D eigenvalue weighted by molar-refractivity contribution is 5.77. The van der Waals surface area contributed by atoms with Crippen molar-refractivity contribution in [3.63, 3.8) is 0 Å². The molecule has 28 heavy (non-hydrogen) atoms. The van der Waals surface area contributed by atoms with E-state index in [0.29, 0.717) is 25.6 Å². The second-order valence-corrected chi connectivity index (χ2v) is 7.27. The number of likely N-dealkylation sites (tertiary alicyclic amines) is 1. The Morgan fingerprint density at radius 2 is 2.07 bits per heavy atom. The summed E-state index contributed by atoms with van der Waals surface area (Å²) in [6.07, 6.45) is 2.40. The number of carbonyl (C=O) groups is 1. The zero-order valence-electron chi connectivity index (χ0n) is 16.1. The van der Waals surface area contributed by atoms with Gasteiger partial charge in [0.05, 0.1) is 24.7 Å². The summed E-state index contributed by atoms with van der Waals surface area (Å²) in [6.45, 7) is 2.13. The average Bonchev–Trinajstić information content (AvgIpc) is 3.06. The SMILES string of the molecule is COc1ccc2nc(CN[C@H]3CCC(=O)N(Cc4ccccc4)CC3)[nH]c2c1. The molecule has 0 saturated carbocycles. The summed E-state index contributed by atoms with van der Waals surface area (Å²) in [5, 5.41) is 3.57. The van der Waals surface area contributed by atoms with Gasteiger partial charge in [0, 0.05) is 31.6 Å². The van der Waals surface area contributed by atoms with Gasteiger partial charge in [-0.3, -0.25) is 4.79 Å². The minimum Gasteiger partial charge on any atom is -0.497 e. The molecule has 146 valence electrons. The molecule has 0 aliphatic carbocycles. The first-order chi connectivity index (χ1) is 13.7. The number of nitrogens with zero attached hydrogens (tertiary/aromatic N) is 2. The maximum Gasteiger partial charge on any atom is 0.222 e. The molecule has 0 spiro atoms. The summed E-state index contributed by atoms with van der Waals surface area (Å²) in [6, 6.07) is 16.3. The number of hydrogen-bond donors (Lipinski definition) is 2. The van der Waals surface area contributed by atoms with Gasteiger partial charge in [0.1, 0.15) is 11.6 Å². The summed E-state index contributed by atoms with van der Waals surface area (Å²) in [4.78, 5) is 22.4. The number of methoxy groups -OCH3 is 1. The summed E-state index contributed by atoms with van der Waals surface area (Å²) in [7, 11) is 1.66. The van der Waals surface area contributed by atoms with Gasteiger partial charge in [0.15, 0.2) is 0 Å². The fourth-order valence-corrected chi connectivity index (χ4v) is 3.70. The average molecular weight is 378 g/mol. The zero-order valence-corrected chi connectivity index (χ0v) is 16.1. The molecular formula is C22H26N4O2. The van der Waals surface area contributed by atoms with E-state index in [2.05, 4.69) is 27.4 Å². The van der Waals surface area contributed by atoms with Crippen LogP contribution in [0.3, 0.4) is 0 Å². The Hall–Kier alpha value is -2.86. The second kappa shape index (κ2) is 8.44. The minimum absolute atomic E-state index is 0.240. The lowest BCUT2D eigenvalue weighted by Crippen LogP contribution is -2.32. The lowest BCUT2D eigenvalue weighted by atomic mass is 10.1. The van der Waals surface area contributed by atoms with Crippen molar-refractivity contribution >= 4 is 16.9 Å².